The predicted molar refractivity (Wildman–Crippen MR) is 131 cm³/mol. The van der Waals surface area contributed by atoms with E-state index in [0.29, 0.717) is 12.6 Å². The molecule has 1 saturated carbocycles. The molecule has 4 rings (SSSR count). The highest BCUT2D eigenvalue weighted by Crippen LogP contribution is 2.33. The van der Waals surface area contributed by atoms with E-state index < -0.39 is 36.4 Å². The van der Waals surface area contributed by atoms with Gasteiger partial charge in [0.2, 0.25) is 0 Å². The van der Waals surface area contributed by atoms with Crippen molar-refractivity contribution >= 4 is 17.9 Å². The number of hydrogen-bond acceptors (Lipinski definition) is 8. The molecule has 0 aromatic carbocycles. The summed E-state index contributed by atoms with van der Waals surface area (Å²) in [7, 11) is 0. The Hall–Kier alpha value is -4.04. The average Bonchev–Trinajstić information content (AvgIpc) is 3.37. The van der Waals surface area contributed by atoms with Crippen LogP contribution in [0.1, 0.15) is 24.1 Å². The molecule has 11 nitrogen and oxygen atoms in total. The average molecular weight is 667 g/mol. The number of carboxylic acids is 3. The van der Waals surface area contributed by atoms with Crippen LogP contribution in [0.15, 0.2) is 48.9 Å². The molecular weight excluding hydrogens is 641 g/mol. The zero-order chi connectivity index (χ0) is 34.4. The number of rotatable bonds is 5. The molecule has 0 bridgehead atoms. The second-order valence-electron chi connectivity index (χ2n) is 8.89. The molecule has 0 radical (unpaired) electrons. The zero-order valence-corrected chi connectivity index (χ0v) is 22.7. The predicted octanol–water partition coefficient (Wildman–Crippen LogP) is 4.33. The van der Waals surface area contributed by atoms with Crippen molar-refractivity contribution in [3.05, 3.63) is 60.2 Å². The molecule has 1 aliphatic carbocycles. The fourth-order valence-electron chi connectivity index (χ4n) is 3.75. The number of morpholine rings is 1. The maximum absolute atomic E-state index is 10.6. The first kappa shape index (κ1) is 39.0. The molecule has 2 aromatic rings. The van der Waals surface area contributed by atoms with Crippen LogP contribution in [0.3, 0.4) is 0 Å². The van der Waals surface area contributed by atoms with E-state index in [1.54, 1.807) is 0 Å². The number of carboxylic acid groups (broad SMARTS) is 3. The highest BCUT2D eigenvalue weighted by Gasteiger charge is 2.43. The minimum atomic E-state index is -5.08. The summed E-state index contributed by atoms with van der Waals surface area (Å²) in [6.45, 7) is 3.25. The Morgan fingerprint density at radius 3 is 1.78 bits per heavy atom. The minimum Gasteiger partial charge on any atom is -0.475 e. The van der Waals surface area contributed by atoms with E-state index in [9.17, 15) is 39.5 Å². The van der Waals surface area contributed by atoms with Crippen LogP contribution in [0.4, 0.5) is 39.5 Å². The lowest BCUT2D eigenvalue weighted by atomic mass is 10.1. The van der Waals surface area contributed by atoms with Crippen molar-refractivity contribution in [1.82, 2.24) is 14.9 Å². The van der Waals surface area contributed by atoms with Gasteiger partial charge in [-0.25, -0.2) is 14.4 Å². The van der Waals surface area contributed by atoms with E-state index in [1.165, 1.54) is 0 Å². The SMILES string of the molecule is O=C(O)C(F)(F)F.O=C(O)C(F)(F)F.O=C(O)C(F)(F)F.c1ccc(CN2CCO[C@H]3[C@H](OCc4ccncc4)CC[C@@H]32)nc1. The third-order valence-electron chi connectivity index (χ3n) is 5.68. The van der Waals surface area contributed by atoms with Gasteiger partial charge in [0.05, 0.1) is 31.1 Å². The number of alkyl halides is 9. The number of pyridine rings is 2. The van der Waals surface area contributed by atoms with Gasteiger partial charge in [0.1, 0.15) is 0 Å². The lowest BCUT2D eigenvalue weighted by Gasteiger charge is -2.38. The second kappa shape index (κ2) is 17.4. The summed E-state index contributed by atoms with van der Waals surface area (Å²) in [6, 6.07) is 10.5. The summed E-state index contributed by atoms with van der Waals surface area (Å²) in [5, 5.41) is 21.4. The van der Waals surface area contributed by atoms with E-state index >= 15 is 0 Å². The van der Waals surface area contributed by atoms with Crippen LogP contribution in [0.2, 0.25) is 0 Å². The molecule has 45 heavy (non-hydrogen) atoms. The summed E-state index contributed by atoms with van der Waals surface area (Å²) in [6.07, 6.45) is -7.25. The number of aromatic nitrogens is 2. The normalized spacial score (nSPS) is 19.7. The Kier molecular flexibility index (Phi) is 15.1. The summed E-state index contributed by atoms with van der Waals surface area (Å²) >= 11 is 0. The molecule has 0 amide bonds. The lowest BCUT2D eigenvalue weighted by Crippen LogP contribution is -2.51. The Morgan fingerprint density at radius 2 is 1.33 bits per heavy atom. The summed E-state index contributed by atoms with van der Waals surface area (Å²) in [5.41, 5.74) is 2.29. The molecule has 3 N–H and O–H groups in total. The minimum absolute atomic E-state index is 0.171. The molecule has 2 fully saturated rings. The van der Waals surface area contributed by atoms with Gasteiger partial charge in [0, 0.05) is 37.7 Å². The zero-order valence-electron chi connectivity index (χ0n) is 22.7. The first-order valence-corrected chi connectivity index (χ1v) is 12.4. The Balaban J connectivity index is 0.000000396. The first-order valence-electron chi connectivity index (χ1n) is 12.4. The van der Waals surface area contributed by atoms with Crippen molar-refractivity contribution in [2.45, 2.75) is 62.8 Å². The molecule has 2 aromatic heterocycles. The van der Waals surface area contributed by atoms with Gasteiger partial charge in [-0.1, -0.05) is 6.07 Å². The summed E-state index contributed by atoms with van der Waals surface area (Å²) in [4.78, 5) is 37.7. The largest absolute Gasteiger partial charge is 0.490 e. The van der Waals surface area contributed by atoms with Gasteiger partial charge in [-0.05, 0) is 42.7 Å². The summed E-state index contributed by atoms with van der Waals surface area (Å²) < 4.78 is 107. The molecule has 2 aliphatic rings. The molecule has 1 saturated heterocycles. The van der Waals surface area contributed by atoms with Crippen LogP contribution in [-0.2, 0) is 37.0 Å². The van der Waals surface area contributed by atoms with Crippen molar-refractivity contribution in [3.63, 3.8) is 0 Å². The molecular formula is C25H26F9N3O8. The van der Waals surface area contributed by atoms with Gasteiger partial charge in [-0.15, -0.1) is 0 Å². The molecule has 0 unspecified atom stereocenters. The Labute approximate surface area is 248 Å². The third kappa shape index (κ3) is 15.0. The van der Waals surface area contributed by atoms with Gasteiger partial charge in [-0.3, -0.25) is 14.9 Å². The van der Waals surface area contributed by atoms with Crippen molar-refractivity contribution in [1.29, 1.82) is 0 Å². The number of ether oxygens (including phenoxy) is 2. The van der Waals surface area contributed by atoms with Crippen molar-refractivity contribution < 1.29 is 78.7 Å². The van der Waals surface area contributed by atoms with Crippen LogP contribution in [0.25, 0.3) is 0 Å². The van der Waals surface area contributed by atoms with Gasteiger partial charge < -0.3 is 24.8 Å². The number of hydrogen-bond donors (Lipinski definition) is 3. The number of nitrogens with zero attached hydrogens (tertiary/aromatic N) is 3. The van der Waals surface area contributed by atoms with Crippen LogP contribution < -0.4 is 0 Å². The highest BCUT2D eigenvalue weighted by molar-refractivity contribution is 5.73. The smallest absolute Gasteiger partial charge is 0.475 e. The molecule has 3 atom stereocenters. The third-order valence-corrected chi connectivity index (χ3v) is 5.68. The second-order valence-corrected chi connectivity index (χ2v) is 8.89. The molecule has 252 valence electrons. The van der Waals surface area contributed by atoms with Crippen LogP contribution >= 0.6 is 0 Å². The lowest BCUT2D eigenvalue weighted by molar-refractivity contribution is -0.193. The summed E-state index contributed by atoms with van der Waals surface area (Å²) in [5.74, 6) is -8.27. The van der Waals surface area contributed by atoms with E-state index in [0.717, 1.165) is 43.8 Å². The Bertz CT molecular complexity index is 1140. The quantitative estimate of drug-likeness (QED) is 0.390. The van der Waals surface area contributed by atoms with E-state index in [2.05, 4.69) is 27.0 Å². The van der Waals surface area contributed by atoms with E-state index in [4.69, 9.17) is 39.2 Å². The van der Waals surface area contributed by atoms with Gasteiger partial charge >= 0.3 is 36.4 Å². The van der Waals surface area contributed by atoms with Crippen LogP contribution in [-0.4, -0.2) is 98.0 Å². The fourth-order valence-corrected chi connectivity index (χ4v) is 3.75. The van der Waals surface area contributed by atoms with E-state index in [1.807, 2.05) is 36.8 Å². The number of carbonyl (C=O) groups is 3. The van der Waals surface area contributed by atoms with Gasteiger partial charge in [0.15, 0.2) is 0 Å². The topological polar surface area (TPSA) is 159 Å². The maximum Gasteiger partial charge on any atom is 0.490 e. The first-order chi connectivity index (χ1) is 20.7. The van der Waals surface area contributed by atoms with Gasteiger partial charge in [-0.2, -0.15) is 39.5 Å². The van der Waals surface area contributed by atoms with Crippen molar-refractivity contribution in [2.24, 2.45) is 0 Å². The number of halogens is 9. The van der Waals surface area contributed by atoms with Crippen LogP contribution in [0, 0.1) is 0 Å². The molecule has 1 aliphatic heterocycles. The fraction of sp³-hybridized carbons (Fsp3) is 0.480. The Morgan fingerprint density at radius 1 is 0.822 bits per heavy atom. The van der Waals surface area contributed by atoms with Crippen molar-refractivity contribution in [3.8, 4) is 0 Å². The van der Waals surface area contributed by atoms with E-state index in [-0.39, 0.29) is 12.2 Å². The van der Waals surface area contributed by atoms with Crippen LogP contribution in [0.5, 0.6) is 0 Å². The van der Waals surface area contributed by atoms with Gasteiger partial charge in [0.25, 0.3) is 0 Å². The molecule has 3 heterocycles. The molecule has 0 spiro atoms. The standard InChI is InChI=1S/C19H23N3O2.3C2HF3O2/c1-2-8-21-16(3-1)13-22-11-12-23-19-17(22)4-5-18(19)24-14-15-6-9-20-10-7-15;3*3-2(4,5)1(6)7/h1-3,6-10,17-19H,4-5,11-14H2;3*(H,6,7)/t17-,18+,19+;;;/m0.../s1. The number of aliphatic carboxylic acids is 3. The highest BCUT2D eigenvalue weighted by atomic mass is 19.4. The molecule has 20 heteroatoms. The monoisotopic (exact) mass is 667 g/mol. The van der Waals surface area contributed by atoms with Crippen molar-refractivity contribution in [2.75, 3.05) is 13.2 Å². The number of fused-ring (bicyclic) bond motifs is 1. The maximum atomic E-state index is 10.6.